The second-order valence-corrected chi connectivity index (χ2v) is 6.47. The quantitative estimate of drug-likeness (QED) is 0.628. The summed E-state index contributed by atoms with van der Waals surface area (Å²) in [7, 11) is 0. The number of carbonyl (C=O) groups is 2. The molecule has 1 rings (SSSR count). The Labute approximate surface area is 129 Å². The molecule has 1 saturated heterocycles. The number of nitrogens with one attached hydrogen (secondary N) is 1. The SMILES string of the molecule is CCCCC(CCCC)(CNC(C)=O)CC1CCOC1=O. The average Bonchev–Trinajstić information content (AvgIpc) is 2.85. The first-order chi connectivity index (χ1) is 10.0. The molecule has 4 nitrogen and oxygen atoms in total. The smallest absolute Gasteiger partial charge is 0.309 e. The van der Waals surface area contributed by atoms with Crippen LogP contribution in [-0.4, -0.2) is 25.0 Å². The van der Waals surface area contributed by atoms with Crippen LogP contribution >= 0.6 is 0 Å². The molecule has 0 aromatic heterocycles. The molecule has 0 radical (unpaired) electrons. The molecule has 1 atom stereocenters. The Bertz CT molecular complexity index is 333. The van der Waals surface area contributed by atoms with E-state index in [1.165, 1.54) is 0 Å². The molecule has 1 N–H and O–H groups in total. The number of cyclic esters (lactones) is 1. The van der Waals surface area contributed by atoms with Crippen LogP contribution < -0.4 is 5.32 Å². The summed E-state index contributed by atoms with van der Waals surface area (Å²) in [6.45, 7) is 7.18. The lowest BCUT2D eigenvalue weighted by Gasteiger charge is -2.36. The minimum Gasteiger partial charge on any atom is -0.465 e. The van der Waals surface area contributed by atoms with Gasteiger partial charge in [0.15, 0.2) is 0 Å². The van der Waals surface area contributed by atoms with E-state index in [9.17, 15) is 9.59 Å². The van der Waals surface area contributed by atoms with Crippen molar-refractivity contribution in [3.63, 3.8) is 0 Å². The van der Waals surface area contributed by atoms with Gasteiger partial charge in [-0.3, -0.25) is 9.59 Å². The van der Waals surface area contributed by atoms with Gasteiger partial charge >= 0.3 is 5.97 Å². The standard InChI is InChI=1S/C17H31NO3/c1-4-6-9-17(10-7-5-2,13-18-14(3)19)12-15-8-11-21-16(15)20/h15H,4-13H2,1-3H3,(H,18,19). The normalized spacial score (nSPS) is 18.6. The lowest BCUT2D eigenvalue weighted by atomic mass is 9.71. The van der Waals surface area contributed by atoms with Gasteiger partial charge in [-0.2, -0.15) is 0 Å². The number of amides is 1. The van der Waals surface area contributed by atoms with Crippen molar-refractivity contribution in [2.45, 2.75) is 72.1 Å². The Morgan fingerprint density at radius 1 is 1.29 bits per heavy atom. The second kappa shape index (κ2) is 9.06. The second-order valence-electron chi connectivity index (χ2n) is 6.47. The van der Waals surface area contributed by atoms with Gasteiger partial charge in [0, 0.05) is 13.5 Å². The van der Waals surface area contributed by atoms with Crippen LogP contribution in [0.5, 0.6) is 0 Å². The van der Waals surface area contributed by atoms with E-state index in [2.05, 4.69) is 19.2 Å². The molecule has 1 unspecified atom stereocenters. The van der Waals surface area contributed by atoms with Crippen molar-refractivity contribution in [3.05, 3.63) is 0 Å². The van der Waals surface area contributed by atoms with Crippen molar-refractivity contribution in [3.8, 4) is 0 Å². The van der Waals surface area contributed by atoms with Crippen molar-refractivity contribution in [2.75, 3.05) is 13.2 Å². The van der Waals surface area contributed by atoms with E-state index in [0.717, 1.165) is 51.4 Å². The number of carbonyl (C=O) groups excluding carboxylic acids is 2. The summed E-state index contributed by atoms with van der Waals surface area (Å²) in [5, 5.41) is 3.00. The number of hydrogen-bond acceptors (Lipinski definition) is 3. The third kappa shape index (κ3) is 6.06. The fourth-order valence-electron chi connectivity index (χ4n) is 3.24. The number of hydrogen-bond donors (Lipinski definition) is 1. The monoisotopic (exact) mass is 297 g/mol. The lowest BCUT2D eigenvalue weighted by Crippen LogP contribution is -2.39. The predicted octanol–water partition coefficient (Wildman–Crippen LogP) is 3.44. The van der Waals surface area contributed by atoms with Crippen molar-refractivity contribution in [2.24, 2.45) is 11.3 Å². The van der Waals surface area contributed by atoms with Gasteiger partial charge in [-0.15, -0.1) is 0 Å². The van der Waals surface area contributed by atoms with E-state index in [0.29, 0.717) is 13.2 Å². The van der Waals surface area contributed by atoms with Gasteiger partial charge in [0.1, 0.15) is 0 Å². The zero-order chi connectivity index (χ0) is 15.7. The molecule has 4 heteroatoms. The van der Waals surface area contributed by atoms with Crippen LogP contribution in [0.2, 0.25) is 0 Å². The number of ether oxygens (including phenoxy) is 1. The minimum absolute atomic E-state index is 0.0152. The van der Waals surface area contributed by atoms with E-state index >= 15 is 0 Å². The van der Waals surface area contributed by atoms with Crippen LogP contribution in [-0.2, 0) is 14.3 Å². The molecule has 0 aromatic carbocycles. The maximum Gasteiger partial charge on any atom is 0.309 e. The fourth-order valence-corrected chi connectivity index (χ4v) is 3.24. The largest absolute Gasteiger partial charge is 0.465 e. The summed E-state index contributed by atoms with van der Waals surface area (Å²) in [5.41, 5.74) is 0.0473. The molecule has 1 heterocycles. The average molecular weight is 297 g/mol. The van der Waals surface area contributed by atoms with Crippen LogP contribution in [0.3, 0.4) is 0 Å². The molecule has 1 amide bonds. The molecule has 1 fully saturated rings. The molecule has 122 valence electrons. The number of rotatable bonds is 10. The highest BCUT2D eigenvalue weighted by atomic mass is 16.5. The van der Waals surface area contributed by atoms with Crippen molar-refractivity contribution in [1.82, 2.24) is 5.32 Å². The van der Waals surface area contributed by atoms with Gasteiger partial charge < -0.3 is 10.1 Å². The molecule has 0 aliphatic carbocycles. The molecule has 0 saturated carbocycles. The number of esters is 1. The molecule has 0 bridgehead atoms. The van der Waals surface area contributed by atoms with Gasteiger partial charge in [0.05, 0.1) is 12.5 Å². The van der Waals surface area contributed by atoms with Gasteiger partial charge in [0.25, 0.3) is 0 Å². The maximum absolute atomic E-state index is 11.8. The van der Waals surface area contributed by atoms with Crippen LogP contribution in [0.25, 0.3) is 0 Å². The highest BCUT2D eigenvalue weighted by molar-refractivity contribution is 5.74. The van der Waals surface area contributed by atoms with Crippen molar-refractivity contribution in [1.29, 1.82) is 0 Å². The molecule has 0 aromatic rings. The molecule has 21 heavy (non-hydrogen) atoms. The lowest BCUT2D eigenvalue weighted by molar-refractivity contribution is -0.142. The topological polar surface area (TPSA) is 55.4 Å². The molecular weight excluding hydrogens is 266 g/mol. The first-order valence-electron chi connectivity index (χ1n) is 8.44. The summed E-state index contributed by atoms with van der Waals surface area (Å²) in [5.74, 6) is -0.0102. The van der Waals surface area contributed by atoms with Gasteiger partial charge in [-0.25, -0.2) is 0 Å². The summed E-state index contributed by atoms with van der Waals surface area (Å²) >= 11 is 0. The summed E-state index contributed by atoms with van der Waals surface area (Å²) in [6.07, 6.45) is 8.41. The van der Waals surface area contributed by atoms with Gasteiger partial charge in [-0.1, -0.05) is 39.5 Å². The Morgan fingerprint density at radius 3 is 2.33 bits per heavy atom. The Morgan fingerprint density at radius 2 is 1.90 bits per heavy atom. The first-order valence-corrected chi connectivity index (χ1v) is 8.44. The van der Waals surface area contributed by atoms with E-state index in [1.54, 1.807) is 6.92 Å². The van der Waals surface area contributed by atoms with Crippen LogP contribution in [0, 0.1) is 11.3 Å². The van der Waals surface area contributed by atoms with Crippen molar-refractivity contribution < 1.29 is 14.3 Å². The first kappa shape index (κ1) is 18.0. The fraction of sp³-hybridized carbons (Fsp3) is 0.882. The third-order valence-corrected chi connectivity index (χ3v) is 4.56. The Balaban J connectivity index is 2.78. The minimum atomic E-state index is -0.0461. The van der Waals surface area contributed by atoms with Crippen LogP contribution in [0.15, 0.2) is 0 Å². The Kier molecular flexibility index (Phi) is 7.76. The van der Waals surface area contributed by atoms with Crippen LogP contribution in [0.1, 0.15) is 72.1 Å². The summed E-state index contributed by atoms with van der Waals surface area (Å²) in [4.78, 5) is 23.2. The van der Waals surface area contributed by atoms with E-state index in [4.69, 9.17) is 4.74 Å². The molecule has 1 aliphatic heterocycles. The molecule has 1 aliphatic rings. The highest BCUT2D eigenvalue weighted by Crippen LogP contribution is 2.39. The van der Waals surface area contributed by atoms with Crippen LogP contribution in [0.4, 0.5) is 0 Å². The van der Waals surface area contributed by atoms with E-state index in [-0.39, 0.29) is 23.2 Å². The number of unbranched alkanes of at least 4 members (excludes halogenated alkanes) is 2. The highest BCUT2D eigenvalue weighted by Gasteiger charge is 2.37. The summed E-state index contributed by atoms with van der Waals surface area (Å²) < 4.78 is 5.12. The van der Waals surface area contributed by atoms with E-state index in [1.807, 2.05) is 0 Å². The van der Waals surface area contributed by atoms with E-state index < -0.39 is 0 Å². The molecule has 0 spiro atoms. The molecular formula is C17H31NO3. The van der Waals surface area contributed by atoms with Gasteiger partial charge in [-0.05, 0) is 31.1 Å². The zero-order valence-electron chi connectivity index (χ0n) is 13.9. The zero-order valence-corrected chi connectivity index (χ0v) is 13.9. The van der Waals surface area contributed by atoms with Gasteiger partial charge in [0.2, 0.25) is 5.91 Å². The third-order valence-electron chi connectivity index (χ3n) is 4.56. The Hall–Kier alpha value is -1.06. The predicted molar refractivity (Wildman–Crippen MR) is 83.8 cm³/mol. The summed E-state index contributed by atoms with van der Waals surface area (Å²) in [6, 6.07) is 0. The maximum atomic E-state index is 11.8. The van der Waals surface area contributed by atoms with Crippen molar-refractivity contribution >= 4 is 11.9 Å².